The molecule has 2 heteroatoms. The van der Waals surface area contributed by atoms with Crippen LogP contribution in [0.2, 0.25) is 28.6 Å². The van der Waals surface area contributed by atoms with Gasteiger partial charge in [-0.25, -0.2) is 0 Å². The molecule has 2 fully saturated rings. The quantitative estimate of drug-likeness (QED) is 0.243. The Morgan fingerprint density at radius 2 is 1.33 bits per heavy atom. The molecule has 0 N–H and O–H groups in total. The Balaban J connectivity index is 1.81. The fraction of sp³-hybridized carbons (Fsp3) is 0.571. The third kappa shape index (κ3) is 3.59. The summed E-state index contributed by atoms with van der Waals surface area (Å²) in [5.74, 6) is 0.855. The van der Waals surface area contributed by atoms with Gasteiger partial charge in [-0.15, -0.1) is 0 Å². The monoisotopic (exact) mass is 497 g/mol. The predicted octanol–water partition coefficient (Wildman–Crippen LogP) is 8.82. The first kappa shape index (κ1) is 22.7. The van der Waals surface area contributed by atoms with Crippen LogP contribution in [0.25, 0.3) is 0 Å². The second kappa shape index (κ2) is 9.19. The van der Waals surface area contributed by atoms with Crippen LogP contribution in [0.3, 0.4) is 0 Å². The Hall–Kier alpha value is -0.460. The van der Waals surface area contributed by atoms with E-state index in [0.29, 0.717) is 0 Å². The van der Waals surface area contributed by atoms with Crippen LogP contribution in [0.1, 0.15) is 51.4 Å². The van der Waals surface area contributed by atoms with E-state index in [1.54, 1.807) is 11.1 Å². The molecule has 4 aliphatic carbocycles. The number of allylic oxidation sites excluding steroid dienone is 10. The third-order valence-electron chi connectivity index (χ3n) is 10.3. The average molecular weight is 499 g/mol. The van der Waals surface area contributed by atoms with Gasteiger partial charge in [0.25, 0.3) is 0 Å². The van der Waals surface area contributed by atoms with E-state index in [1.807, 2.05) is 0 Å². The van der Waals surface area contributed by atoms with Gasteiger partial charge in [0.15, 0.2) is 0 Å². The number of hydrogen-bond donors (Lipinski definition) is 0. The van der Waals surface area contributed by atoms with Crippen molar-refractivity contribution in [2.75, 3.05) is 0 Å². The van der Waals surface area contributed by atoms with E-state index in [9.17, 15) is 0 Å². The van der Waals surface area contributed by atoms with Crippen molar-refractivity contribution < 1.29 is 17.9 Å². The van der Waals surface area contributed by atoms with Crippen molar-refractivity contribution in [3.63, 3.8) is 0 Å². The molecule has 0 aromatic carbocycles. The molecule has 0 saturated heterocycles. The summed E-state index contributed by atoms with van der Waals surface area (Å²) in [7, 11) is 0. The van der Waals surface area contributed by atoms with Crippen LogP contribution in [0.15, 0.2) is 72.9 Å². The van der Waals surface area contributed by atoms with Gasteiger partial charge in [0.1, 0.15) is 0 Å². The van der Waals surface area contributed by atoms with Crippen molar-refractivity contribution in [3.05, 3.63) is 72.9 Å². The normalized spacial score (nSPS) is 32.3. The van der Waals surface area contributed by atoms with Crippen molar-refractivity contribution in [1.29, 1.82) is 0 Å². The summed E-state index contributed by atoms with van der Waals surface area (Å²) in [6.07, 6.45) is 30.4. The summed E-state index contributed by atoms with van der Waals surface area (Å²) >= 11 is -3.22. The van der Waals surface area contributed by atoms with Crippen LogP contribution in [-0.4, -0.2) is 5.92 Å². The van der Waals surface area contributed by atoms with Gasteiger partial charge >= 0.3 is 189 Å². The van der Waals surface area contributed by atoms with Crippen molar-refractivity contribution in [2.24, 2.45) is 11.8 Å². The molecule has 4 aliphatic rings. The summed E-state index contributed by atoms with van der Waals surface area (Å²) in [6, 6.07) is 0. The molecule has 30 heavy (non-hydrogen) atoms. The Labute approximate surface area is 187 Å². The Morgan fingerprint density at radius 3 is 1.73 bits per heavy atom. The molecule has 0 aromatic heterocycles. The Kier molecular flexibility index (Phi) is 6.96. The Bertz CT molecular complexity index is 733. The van der Waals surface area contributed by atoms with Crippen LogP contribution in [-0.2, 0) is 17.9 Å². The van der Waals surface area contributed by atoms with E-state index in [4.69, 9.17) is 0 Å². The van der Waals surface area contributed by atoms with E-state index >= 15 is 0 Å². The molecular formula is C28H43SiZr. The van der Waals surface area contributed by atoms with Gasteiger partial charge in [-0.1, -0.05) is 0 Å². The second-order valence-corrected chi connectivity index (χ2v) is 46.6. The van der Waals surface area contributed by atoms with Gasteiger partial charge in [0.2, 0.25) is 0 Å². The zero-order valence-electron chi connectivity index (χ0n) is 19.5. The van der Waals surface area contributed by atoms with E-state index in [0.717, 1.165) is 19.1 Å². The molecule has 0 radical (unpaired) electrons. The molecule has 0 heterocycles. The number of fused-ring (bicyclic) bond motifs is 2. The van der Waals surface area contributed by atoms with Crippen molar-refractivity contribution >= 4 is 5.92 Å². The van der Waals surface area contributed by atoms with Gasteiger partial charge in [0.05, 0.1) is 0 Å². The van der Waals surface area contributed by atoms with Gasteiger partial charge < -0.3 is 0 Å². The fourth-order valence-electron chi connectivity index (χ4n) is 8.58. The first-order chi connectivity index (χ1) is 14.5. The van der Waals surface area contributed by atoms with E-state index in [-0.39, 0.29) is 0 Å². The average Bonchev–Trinajstić information content (AvgIpc) is 3.18. The predicted molar refractivity (Wildman–Crippen MR) is 135 cm³/mol. The van der Waals surface area contributed by atoms with Crippen LogP contribution in [0.4, 0.5) is 0 Å². The number of rotatable bonds is 7. The summed E-state index contributed by atoms with van der Waals surface area (Å²) < 4.78 is 4.80. The molecule has 0 aromatic rings. The molecule has 4 unspecified atom stereocenters. The zero-order chi connectivity index (χ0) is 21.2. The molecule has 4 atom stereocenters. The van der Waals surface area contributed by atoms with Gasteiger partial charge in [-0.2, -0.15) is 0 Å². The molecule has 4 rings (SSSR count). The van der Waals surface area contributed by atoms with Crippen molar-refractivity contribution in [1.82, 2.24) is 0 Å². The van der Waals surface area contributed by atoms with E-state index < -0.39 is 23.9 Å². The zero-order valence-corrected chi connectivity index (χ0v) is 23.1. The molecule has 2 saturated carbocycles. The Morgan fingerprint density at radius 1 is 0.867 bits per heavy atom. The summed E-state index contributed by atoms with van der Waals surface area (Å²) in [4.78, 5) is 0. The van der Waals surface area contributed by atoms with Crippen molar-refractivity contribution in [3.8, 4) is 0 Å². The van der Waals surface area contributed by atoms with Crippen LogP contribution >= 0.6 is 0 Å². The molecule has 0 amide bonds. The fourth-order valence-corrected chi connectivity index (χ4v) is 54.1. The standard InChI is InChI=1S/2C10H13.2C3H5.C2H7Si.Zr/c2*1-2-5-9-7-4-8-10(9)6-3-1;3*1-3-2;/h2*1-2,4-5,10H,3,6-8H2;2*3H,1-2H2;3H,1-2H3;. The molecule has 0 bridgehead atoms. The summed E-state index contributed by atoms with van der Waals surface area (Å²) in [6.45, 7) is 14.3. The van der Waals surface area contributed by atoms with E-state index in [2.05, 4.69) is 74.9 Å². The molecular weight excluding hydrogens is 456 g/mol. The van der Waals surface area contributed by atoms with Gasteiger partial charge in [-0.05, 0) is 0 Å². The minimum absolute atomic E-state index is 0.856. The maximum atomic E-state index is 4.40. The maximum absolute atomic E-state index is 4.40. The van der Waals surface area contributed by atoms with Crippen LogP contribution in [0.5, 0.6) is 0 Å². The van der Waals surface area contributed by atoms with Crippen molar-refractivity contribution in [2.45, 2.75) is 80.0 Å². The molecule has 0 nitrogen and oxygen atoms in total. The second-order valence-electron chi connectivity index (χ2n) is 11.3. The van der Waals surface area contributed by atoms with Crippen LogP contribution < -0.4 is 0 Å². The first-order valence-electron chi connectivity index (χ1n) is 12.6. The van der Waals surface area contributed by atoms with Crippen LogP contribution in [0, 0.1) is 11.8 Å². The summed E-state index contributed by atoms with van der Waals surface area (Å²) in [5, 5.41) is 0. The third-order valence-corrected chi connectivity index (χ3v) is 62.3. The molecule has 0 spiro atoms. The van der Waals surface area contributed by atoms with Gasteiger partial charge in [-0.3, -0.25) is 0 Å². The van der Waals surface area contributed by atoms with Gasteiger partial charge in [0, 0.05) is 0 Å². The molecule has 0 aliphatic heterocycles. The first-order valence-corrected chi connectivity index (χ1v) is 26.1. The van der Waals surface area contributed by atoms with E-state index in [1.165, 1.54) is 59.6 Å². The molecule has 163 valence electrons. The topological polar surface area (TPSA) is 0 Å². The summed E-state index contributed by atoms with van der Waals surface area (Å²) in [5.41, 5.74) is 3.59. The SMILES string of the molecule is C=C[CH2][Zr]([CH2]C=C)([CH]1CC2=CC=CCCC2C1)([CH]1CC2=CC=CCCC2C1)[SiH](C)C. The minimum atomic E-state index is -3.22. The number of hydrogen-bond acceptors (Lipinski definition) is 0.